The molecule has 0 spiro atoms. The number of thioether (sulfide) groups is 1. The minimum absolute atomic E-state index is 0.633. The van der Waals surface area contributed by atoms with Crippen molar-refractivity contribution in [1.82, 2.24) is 5.32 Å². The zero-order valence-corrected chi connectivity index (χ0v) is 10.5. The van der Waals surface area contributed by atoms with Gasteiger partial charge in [-0.05, 0) is 44.2 Å². The van der Waals surface area contributed by atoms with E-state index in [0.717, 1.165) is 18.1 Å². The smallest absolute Gasteiger partial charge is 0.113 e. The van der Waals surface area contributed by atoms with E-state index in [1.165, 1.54) is 18.6 Å². The fourth-order valence-electron chi connectivity index (χ4n) is 1.32. The zero-order valence-electron chi connectivity index (χ0n) is 9.66. The van der Waals surface area contributed by atoms with E-state index >= 15 is 0 Å². The van der Waals surface area contributed by atoms with Crippen molar-refractivity contribution in [3.05, 3.63) is 24.2 Å². The van der Waals surface area contributed by atoms with Crippen LogP contribution in [0.15, 0.2) is 22.8 Å². The van der Waals surface area contributed by atoms with Crippen LogP contribution in [0.1, 0.15) is 32.4 Å². The number of rotatable bonds is 8. The van der Waals surface area contributed by atoms with E-state index in [1.807, 2.05) is 23.9 Å². The Morgan fingerprint density at radius 2 is 2.40 bits per heavy atom. The Bertz CT molecular complexity index is 236. The Labute approximate surface area is 96.8 Å². The van der Waals surface area contributed by atoms with Gasteiger partial charge < -0.3 is 9.73 Å². The van der Waals surface area contributed by atoms with E-state index in [1.54, 1.807) is 6.26 Å². The SMILES string of the molecule is CCCNC(C)CCSCc1ccco1. The van der Waals surface area contributed by atoms with Crippen LogP contribution in [0.25, 0.3) is 0 Å². The molecule has 1 unspecified atom stereocenters. The number of nitrogens with one attached hydrogen (secondary N) is 1. The molecule has 0 amide bonds. The first-order valence-corrected chi connectivity index (χ1v) is 6.82. The van der Waals surface area contributed by atoms with Crippen molar-refractivity contribution in [2.75, 3.05) is 12.3 Å². The molecule has 0 aliphatic rings. The summed E-state index contributed by atoms with van der Waals surface area (Å²) in [5.41, 5.74) is 0. The van der Waals surface area contributed by atoms with Crippen molar-refractivity contribution >= 4 is 11.8 Å². The summed E-state index contributed by atoms with van der Waals surface area (Å²) in [6, 6.07) is 4.61. The fourth-order valence-corrected chi connectivity index (χ4v) is 2.35. The molecule has 0 saturated heterocycles. The second-order valence-corrected chi connectivity index (χ2v) is 4.88. The van der Waals surface area contributed by atoms with Gasteiger partial charge in [-0.25, -0.2) is 0 Å². The molecule has 0 aliphatic heterocycles. The normalized spacial score (nSPS) is 12.9. The molecule has 86 valence electrons. The third-order valence-corrected chi connectivity index (χ3v) is 3.28. The lowest BCUT2D eigenvalue weighted by Gasteiger charge is -2.12. The van der Waals surface area contributed by atoms with Gasteiger partial charge >= 0.3 is 0 Å². The maximum atomic E-state index is 5.27. The number of hydrogen-bond acceptors (Lipinski definition) is 3. The van der Waals surface area contributed by atoms with E-state index in [2.05, 4.69) is 19.2 Å². The van der Waals surface area contributed by atoms with Crippen LogP contribution in [0, 0.1) is 0 Å². The van der Waals surface area contributed by atoms with E-state index in [0.29, 0.717) is 6.04 Å². The predicted molar refractivity (Wildman–Crippen MR) is 67.2 cm³/mol. The molecular weight excluding hydrogens is 206 g/mol. The van der Waals surface area contributed by atoms with Crippen molar-refractivity contribution < 1.29 is 4.42 Å². The molecule has 1 rings (SSSR count). The highest BCUT2D eigenvalue weighted by Crippen LogP contribution is 2.13. The first kappa shape index (κ1) is 12.7. The van der Waals surface area contributed by atoms with Gasteiger partial charge in [0.1, 0.15) is 5.76 Å². The van der Waals surface area contributed by atoms with Gasteiger partial charge in [-0.15, -0.1) is 0 Å². The van der Waals surface area contributed by atoms with Crippen LogP contribution in [0.4, 0.5) is 0 Å². The average molecular weight is 227 g/mol. The maximum Gasteiger partial charge on any atom is 0.113 e. The standard InChI is InChI=1S/C12H21NOS/c1-3-7-13-11(2)6-9-15-10-12-5-4-8-14-12/h4-5,8,11,13H,3,6-7,9-10H2,1-2H3. The van der Waals surface area contributed by atoms with Crippen molar-refractivity contribution in [2.24, 2.45) is 0 Å². The molecule has 0 aromatic carbocycles. The quantitative estimate of drug-likeness (QED) is 0.690. The third-order valence-electron chi connectivity index (χ3n) is 2.26. The Morgan fingerprint density at radius 1 is 1.53 bits per heavy atom. The summed E-state index contributed by atoms with van der Waals surface area (Å²) in [5.74, 6) is 3.26. The van der Waals surface area contributed by atoms with Crippen LogP contribution >= 0.6 is 11.8 Å². The molecule has 1 atom stereocenters. The van der Waals surface area contributed by atoms with Crippen molar-refractivity contribution in [3.63, 3.8) is 0 Å². The van der Waals surface area contributed by atoms with E-state index in [-0.39, 0.29) is 0 Å². The van der Waals surface area contributed by atoms with Gasteiger partial charge in [0.05, 0.1) is 12.0 Å². The highest BCUT2D eigenvalue weighted by Gasteiger charge is 2.01. The summed E-state index contributed by atoms with van der Waals surface area (Å²) >= 11 is 1.94. The van der Waals surface area contributed by atoms with Crippen molar-refractivity contribution in [2.45, 2.75) is 38.5 Å². The van der Waals surface area contributed by atoms with Crippen molar-refractivity contribution in [1.29, 1.82) is 0 Å². The van der Waals surface area contributed by atoms with Gasteiger partial charge in [0, 0.05) is 6.04 Å². The molecular formula is C12H21NOS. The van der Waals surface area contributed by atoms with Gasteiger partial charge in [0.2, 0.25) is 0 Å². The Hall–Kier alpha value is -0.410. The highest BCUT2D eigenvalue weighted by atomic mass is 32.2. The molecule has 0 saturated carbocycles. The monoisotopic (exact) mass is 227 g/mol. The van der Waals surface area contributed by atoms with Crippen LogP contribution in [-0.4, -0.2) is 18.3 Å². The lowest BCUT2D eigenvalue weighted by molar-refractivity contribution is 0.528. The lowest BCUT2D eigenvalue weighted by atomic mass is 10.2. The Morgan fingerprint density at radius 3 is 3.07 bits per heavy atom. The Balaban J connectivity index is 1.97. The summed E-state index contributed by atoms with van der Waals surface area (Å²) in [5, 5.41) is 3.49. The molecule has 1 heterocycles. The summed E-state index contributed by atoms with van der Waals surface area (Å²) in [4.78, 5) is 0. The number of furan rings is 1. The third kappa shape index (κ3) is 5.90. The van der Waals surface area contributed by atoms with Gasteiger partial charge in [0.15, 0.2) is 0 Å². The molecule has 1 N–H and O–H groups in total. The summed E-state index contributed by atoms with van der Waals surface area (Å²) in [6.45, 7) is 5.58. The topological polar surface area (TPSA) is 25.2 Å². The molecule has 0 radical (unpaired) electrons. The summed E-state index contributed by atoms with van der Waals surface area (Å²) in [6.07, 6.45) is 4.18. The van der Waals surface area contributed by atoms with Gasteiger partial charge in [0.25, 0.3) is 0 Å². The molecule has 3 heteroatoms. The summed E-state index contributed by atoms with van der Waals surface area (Å²) in [7, 11) is 0. The van der Waals surface area contributed by atoms with Crippen LogP contribution < -0.4 is 5.32 Å². The molecule has 15 heavy (non-hydrogen) atoms. The molecule has 1 aromatic heterocycles. The highest BCUT2D eigenvalue weighted by molar-refractivity contribution is 7.98. The van der Waals surface area contributed by atoms with Gasteiger partial charge in [-0.2, -0.15) is 11.8 Å². The molecule has 0 aliphatic carbocycles. The first-order valence-electron chi connectivity index (χ1n) is 5.66. The van der Waals surface area contributed by atoms with Gasteiger partial charge in [-0.1, -0.05) is 6.92 Å². The van der Waals surface area contributed by atoms with Crippen LogP contribution in [0.3, 0.4) is 0 Å². The minimum atomic E-state index is 0.633. The van der Waals surface area contributed by atoms with Crippen LogP contribution in [0.2, 0.25) is 0 Å². The predicted octanol–water partition coefficient (Wildman–Crippen LogP) is 3.29. The first-order chi connectivity index (χ1) is 7.33. The zero-order chi connectivity index (χ0) is 10.9. The largest absolute Gasteiger partial charge is 0.468 e. The van der Waals surface area contributed by atoms with Crippen molar-refractivity contribution in [3.8, 4) is 0 Å². The number of hydrogen-bond donors (Lipinski definition) is 1. The molecule has 0 bridgehead atoms. The molecule has 0 fully saturated rings. The second kappa shape index (κ2) is 7.83. The van der Waals surface area contributed by atoms with E-state index in [9.17, 15) is 0 Å². The second-order valence-electron chi connectivity index (χ2n) is 3.78. The van der Waals surface area contributed by atoms with Gasteiger partial charge in [-0.3, -0.25) is 0 Å². The lowest BCUT2D eigenvalue weighted by Crippen LogP contribution is -2.27. The van der Waals surface area contributed by atoms with Crippen LogP contribution in [0.5, 0.6) is 0 Å². The molecule has 1 aromatic rings. The van der Waals surface area contributed by atoms with E-state index < -0.39 is 0 Å². The minimum Gasteiger partial charge on any atom is -0.468 e. The molecule has 2 nitrogen and oxygen atoms in total. The average Bonchev–Trinajstić information content (AvgIpc) is 2.74. The maximum absolute atomic E-state index is 5.27. The summed E-state index contributed by atoms with van der Waals surface area (Å²) < 4.78 is 5.27. The van der Waals surface area contributed by atoms with E-state index in [4.69, 9.17) is 4.42 Å². The van der Waals surface area contributed by atoms with Crippen LogP contribution in [-0.2, 0) is 5.75 Å². The Kier molecular flexibility index (Phi) is 6.60. The fraction of sp³-hybridized carbons (Fsp3) is 0.667.